The van der Waals surface area contributed by atoms with Crippen molar-refractivity contribution >= 4 is 81.2 Å². The summed E-state index contributed by atoms with van der Waals surface area (Å²) >= 11 is 31.3. The van der Waals surface area contributed by atoms with Gasteiger partial charge in [-0.1, -0.05) is 34.8 Å². The van der Waals surface area contributed by atoms with Crippen LogP contribution >= 0.6 is 58.0 Å². The van der Waals surface area contributed by atoms with E-state index in [1.165, 1.54) is 35.2 Å². The van der Waals surface area contributed by atoms with Gasteiger partial charge in [-0.3, -0.25) is 9.59 Å². The smallest absolute Gasteiger partial charge is 0.259 e. The first-order valence-electron chi connectivity index (χ1n) is 10.4. The Bertz CT molecular complexity index is 1330. The highest BCUT2D eigenvalue weighted by Crippen LogP contribution is 2.65. The molecule has 10 heteroatoms. The monoisotopic (exact) mass is 572 g/mol. The van der Waals surface area contributed by atoms with Crippen LogP contribution in [0.25, 0.3) is 0 Å². The number of rotatable bonds is 5. The number of benzene rings is 3. The summed E-state index contributed by atoms with van der Waals surface area (Å²) in [6, 6.07) is 13.6. The minimum atomic E-state index is -1.34. The van der Waals surface area contributed by atoms with Crippen molar-refractivity contribution in [2.24, 2.45) is 5.92 Å². The van der Waals surface area contributed by atoms with Crippen LogP contribution in [0.2, 0.25) is 15.1 Å². The van der Waals surface area contributed by atoms with Crippen LogP contribution in [0.1, 0.15) is 27.4 Å². The van der Waals surface area contributed by atoms with Crippen LogP contribution in [0, 0.1) is 18.7 Å². The molecule has 35 heavy (non-hydrogen) atoms. The highest BCUT2D eigenvalue weighted by molar-refractivity contribution is 6.53. The summed E-state index contributed by atoms with van der Waals surface area (Å²) in [6.45, 7) is 1.70. The van der Waals surface area contributed by atoms with Gasteiger partial charge in [0.2, 0.25) is 5.91 Å². The lowest BCUT2D eigenvalue weighted by Crippen LogP contribution is -2.27. The summed E-state index contributed by atoms with van der Waals surface area (Å²) in [4.78, 5) is 27.6. The number of hydrogen-bond donors (Lipinski definition) is 1. The minimum Gasteiger partial charge on any atom is -0.326 e. The van der Waals surface area contributed by atoms with E-state index in [1.54, 1.807) is 38.2 Å². The Kier molecular flexibility index (Phi) is 7.29. The van der Waals surface area contributed by atoms with Gasteiger partial charge in [0.25, 0.3) is 5.91 Å². The Morgan fingerprint density at radius 3 is 2.26 bits per heavy atom. The highest BCUT2D eigenvalue weighted by atomic mass is 35.5. The maximum Gasteiger partial charge on any atom is 0.259 e. The standard InChI is InChI=1S/C25H18Cl5FN2O2/c1-12-7-16(31)3-6-20(12)33(2)24(35)18-11-17(4-5-19(18)28)32-23(34)22-21(25(22,29)30)13-8-14(26)10-15(27)9-13/h3-11,21-22H,1-2H3,(H,32,34). The average molecular weight is 575 g/mol. The van der Waals surface area contributed by atoms with Gasteiger partial charge in [0, 0.05) is 34.4 Å². The fourth-order valence-corrected chi connectivity index (χ4v) is 5.66. The Hall–Kier alpha value is -2.02. The summed E-state index contributed by atoms with van der Waals surface area (Å²) in [5.74, 6) is -2.53. The molecule has 2 amide bonds. The van der Waals surface area contributed by atoms with Crippen molar-refractivity contribution in [2.45, 2.75) is 17.2 Å². The molecule has 3 aromatic rings. The molecule has 0 aliphatic heterocycles. The second-order valence-corrected chi connectivity index (χ2v) is 11.0. The van der Waals surface area contributed by atoms with Crippen LogP contribution in [0.4, 0.5) is 15.8 Å². The quantitative estimate of drug-likeness (QED) is 0.315. The molecule has 4 rings (SSSR count). The van der Waals surface area contributed by atoms with Crippen LogP contribution in [0.5, 0.6) is 0 Å². The lowest BCUT2D eigenvalue weighted by Gasteiger charge is -2.20. The summed E-state index contributed by atoms with van der Waals surface area (Å²) in [7, 11) is 1.56. The molecule has 0 bridgehead atoms. The van der Waals surface area contributed by atoms with Crippen molar-refractivity contribution in [3.63, 3.8) is 0 Å². The van der Waals surface area contributed by atoms with E-state index in [0.717, 1.165) is 0 Å². The van der Waals surface area contributed by atoms with Gasteiger partial charge in [-0.05, 0) is 72.6 Å². The summed E-state index contributed by atoms with van der Waals surface area (Å²) in [5, 5.41) is 3.76. The summed E-state index contributed by atoms with van der Waals surface area (Å²) in [5.41, 5.74) is 2.26. The molecule has 2 atom stereocenters. The van der Waals surface area contributed by atoms with Gasteiger partial charge in [0.15, 0.2) is 0 Å². The van der Waals surface area contributed by atoms with Crippen molar-refractivity contribution < 1.29 is 14.0 Å². The zero-order valence-electron chi connectivity index (χ0n) is 18.4. The van der Waals surface area contributed by atoms with E-state index in [1.807, 2.05) is 0 Å². The predicted molar refractivity (Wildman–Crippen MR) is 141 cm³/mol. The molecule has 4 nitrogen and oxygen atoms in total. The number of carbonyl (C=O) groups excluding carboxylic acids is 2. The number of anilines is 2. The molecular formula is C25H18Cl5FN2O2. The second kappa shape index (κ2) is 9.79. The SMILES string of the molecule is Cc1cc(F)ccc1N(C)C(=O)c1cc(NC(=O)C2C(c3cc(Cl)cc(Cl)c3)C2(Cl)Cl)ccc1Cl. The molecule has 1 aliphatic rings. The van der Waals surface area contributed by atoms with Gasteiger partial charge in [0.1, 0.15) is 10.2 Å². The molecule has 0 saturated heterocycles. The first-order chi connectivity index (χ1) is 16.4. The van der Waals surface area contributed by atoms with Crippen molar-refractivity contribution in [1.82, 2.24) is 0 Å². The molecule has 0 radical (unpaired) electrons. The number of aryl methyl sites for hydroxylation is 1. The first kappa shape index (κ1) is 26.1. The third-order valence-corrected chi connectivity index (χ3v) is 7.58. The zero-order chi connectivity index (χ0) is 25.7. The molecule has 2 unspecified atom stereocenters. The van der Waals surface area contributed by atoms with Gasteiger partial charge in [0.05, 0.1) is 16.5 Å². The molecule has 0 spiro atoms. The van der Waals surface area contributed by atoms with E-state index in [-0.39, 0.29) is 10.6 Å². The Morgan fingerprint density at radius 1 is 0.971 bits per heavy atom. The van der Waals surface area contributed by atoms with Crippen molar-refractivity contribution in [3.8, 4) is 0 Å². The Labute approximate surface area is 226 Å². The van der Waals surface area contributed by atoms with E-state index in [4.69, 9.17) is 58.0 Å². The first-order valence-corrected chi connectivity index (χ1v) is 12.3. The fourth-order valence-electron chi connectivity index (χ4n) is 4.09. The number of halogens is 6. The van der Waals surface area contributed by atoms with Crippen LogP contribution in [0.15, 0.2) is 54.6 Å². The minimum absolute atomic E-state index is 0.160. The lowest BCUT2D eigenvalue weighted by molar-refractivity contribution is -0.117. The molecule has 0 heterocycles. The largest absolute Gasteiger partial charge is 0.326 e. The third kappa shape index (κ3) is 5.25. The number of hydrogen-bond acceptors (Lipinski definition) is 2. The molecule has 1 saturated carbocycles. The highest BCUT2D eigenvalue weighted by Gasteiger charge is 2.67. The zero-order valence-corrected chi connectivity index (χ0v) is 22.2. The van der Waals surface area contributed by atoms with E-state index in [0.29, 0.717) is 32.5 Å². The number of nitrogens with zero attached hydrogens (tertiary/aromatic N) is 1. The predicted octanol–water partition coefficient (Wildman–Crippen LogP) is 7.90. The van der Waals surface area contributed by atoms with Crippen LogP contribution in [-0.4, -0.2) is 23.2 Å². The Balaban J connectivity index is 1.55. The van der Waals surface area contributed by atoms with Crippen molar-refractivity contribution in [2.75, 3.05) is 17.3 Å². The molecule has 0 aromatic heterocycles. The number of amides is 2. The van der Waals surface area contributed by atoms with E-state index in [2.05, 4.69) is 5.32 Å². The number of carbonyl (C=O) groups is 2. The van der Waals surface area contributed by atoms with Gasteiger partial charge < -0.3 is 10.2 Å². The lowest BCUT2D eigenvalue weighted by atomic mass is 10.1. The molecule has 1 N–H and O–H groups in total. The van der Waals surface area contributed by atoms with E-state index >= 15 is 0 Å². The van der Waals surface area contributed by atoms with Crippen molar-refractivity contribution in [1.29, 1.82) is 0 Å². The maximum absolute atomic E-state index is 13.5. The molecule has 1 aliphatic carbocycles. The van der Waals surface area contributed by atoms with Crippen LogP contribution < -0.4 is 10.2 Å². The summed E-state index contributed by atoms with van der Waals surface area (Å²) in [6.07, 6.45) is 0. The number of alkyl halides is 2. The van der Waals surface area contributed by atoms with E-state index in [9.17, 15) is 14.0 Å². The van der Waals surface area contributed by atoms with E-state index < -0.39 is 33.8 Å². The third-order valence-electron chi connectivity index (χ3n) is 5.87. The van der Waals surface area contributed by atoms with Gasteiger partial charge in [-0.25, -0.2) is 4.39 Å². The summed E-state index contributed by atoms with van der Waals surface area (Å²) < 4.78 is 12.1. The fraction of sp³-hybridized carbons (Fsp3) is 0.200. The van der Waals surface area contributed by atoms with Crippen molar-refractivity contribution in [3.05, 3.63) is 92.2 Å². The second-order valence-electron chi connectivity index (χ2n) is 8.31. The van der Waals surface area contributed by atoms with Gasteiger partial charge in [-0.15, -0.1) is 23.2 Å². The average Bonchev–Trinajstić information content (AvgIpc) is 3.35. The molecule has 182 valence electrons. The van der Waals surface area contributed by atoms with Gasteiger partial charge >= 0.3 is 0 Å². The molecule has 1 fully saturated rings. The molecule has 3 aromatic carbocycles. The topological polar surface area (TPSA) is 49.4 Å². The van der Waals surface area contributed by atoms with Gasteiger partial charge in [-0.2, -0.15) is 0 Å². The Morgan fingerprint density at radius 2 is 1.63 bits per heavy atom. The number of nitrogens with one attached hydrogen (secondary N) is 1. The van der Waals surface area contributed by atoms with Crippen LogP contribution in [0.3, 0.4) is 0 Å². The maximum atomic E-state index is 13.5. The molecular weight excluding hydrogens is 557 g/mol. The normalized spacial score (nSPS) is 18.2. The van der Waals surface area contributed by atoms with Crippen LogP contribution in [-0.2, 0) is 4.79 Å².